The molecule has 2 heterocycles. The van der Waals surface area contributed by atoms with Crippen molar-refractivity contribution in [2.24, 2.45) is 0 Å². The molecule has 8 heteroatoms. The van der Waals surface area contributed by atoms with Crippen molar-refractivity contribution in [2.75, 3.05) is 26.9 Å². The number of hydrogen-bond acceptors (Lipinski definition) is 6. The molecule has 0 spiro atoms. The molecule has 2 aromatic rings. The first-order valence-corrected chi connectivity index (χ1v) is 9.36. The zero-order valence-corrected chi connectivity index (χ0v) is 16.2. The first-order valence-electron chi connectivity index (χ1n) is 9.36. The van der Waals surface area contributed by atoms with Gasteiger partial charge in [0.1, 0.15) is 13.2 Å². The number of carbonyl (C=O) groups excluding carboxylic acids is 2. The summed E-state index contributed by atoms with van der Waals surface area (Å²) in [6.07, 6.45) is 1.31. The van der Waals surface area contributed by atoms with Crippen LogP contribution in [0.4, 0.5) is 0 Å². The van der Waals surface area contributed by atoms with E-state index in [1.807, 2.05) is 0 Å². The van der Waals surface area contributed by atoms with Crippen molar-refractivity contribution in [3.05, 3.63) is 53.1 Å². The van der Waals surface area contributed by atoms with Crippen LogP contribution in [0.15, 0.2) is 36.4 Å². The third-order valence-corrected chi connectivity index (χ3v) is 4.88. The van der Waals surface area contributed by atoms with Gasteiger partial charge in [0.05, 0.1) is 13.5 Å². The maximum absolute atomic E-state index is 13.1. The van der Waals surface area contributed by atoms with E-state index in [1.165, 1.54) is 7.11 Å². The van der Waals surface area contributed by atoms with Crippen LogP contribution in [0, 0.1) is 0 Å². The van der Waals surface area contributed by atoms with E-state index >= 15 is 0 Å². The van der Waals surface area contributed by atoms with Crippen molar-refractivity contribution in [3.8, 4) is 17.2 Å². The Kier molecular flexibility index (Phi) is 5.14. The first kappa shape index (κ1) is 19.5. The highest BCUT2D eigenvalue weighted by Gasteiger charge is 2.34. The van der Waals surface area contributed by atoms with Crippen molar-refractivity contribution in [3.63, 3.8) is 0 Å². The highest BCUT2D eigenvalue weighted by atomic mass is 16.6. The van der Waals surface area contributed by atoms with Gasteiger partial charge in [-0.15, -0.1) is 0 Å². The fourth-order valence-electron chi connectivity index (χ4n) is 3.50. The quantitative estimate of drug-likeness (QED) is 0.598. The minimum absolute atomic E-state index is 0.205. The summed E-state index contributed by atoms with van der Waals surface area (Å²) in [5.74, 6) is -0.670. The van der Waals surface area contributed by atoms with E-state index < -0.39 is 17.8 Å². The molecule has 0 fully saturated rings. The smallest absolute Gasteiger partial charge is 0.305 e. The summed E-state index contributed by atoms with van der Waals surface area (Å²) in [5.41, 5.74) is 1.75. The number of carbonyl (C=O) groups is 3. The number of nitrogens with zero attached hydrogens (tertiary/aromatic N) is 1. The van der Waals surface area contributed by atoms with Gasteiger partial charge in [0.2, 0.25) is 5.75 Å². The summed E-state index contributed by atoms with van der Waals surface area (Å²) >= 11 is 0. The highest BCUT2D eigenvalue weighted by Crippen LogP contribution is 2.41. The van der Waals surface area contributed by atoms with E-state index in [1.54, 1.807) is 42.5 Å². The Bertz CT molecular complexity index is 1060. The minimum Gasteiger partial charge on any atom is -0.493 e. The lowest BCUT2D eigenvalue weighted by Crippen LogP contribution is -2.42. The Morgan fingerprint density at radius 2 is 1.87 bits per heavy atom. The molecule has 8 nitrogen and oxygen atoms in total. The van der Waals surface area contributed by atoms with Gasteiger partial charge in [-0.2, -0.15) is 0 Å². The highest BCUT2D eigenvalue weighted by molar-refractivity contribution is 6.33. The molecule has 0 unspecified atom stereocenters. The SMILES string of the molecule is COc1cc(/C=C2\C(=O)N(CCC(=O)O)C(=O)c3ccccc32)cc2c1OCCO2. The fourth-order valence-corrected chi connectivity index (χ4v) is 3.50. The predicted octanol–water partition coefficient (Wildman–Crippen LogP) is 2.46. The van der Waals surface area contributed by atoms with Gasteiger partial charge in [0.25, 0.3) is 11.8 Å². The van der Waals surface area contributed by atoms with Crippen LogP contribution in [0.2, 0.25) is 0 Å². The lowest BCUT2D eigenvalue weighted by molar-refractivity contribution is -0.137. The van der Waals surface area contributed by atoms with Gasteiger partial charge in [-0.3, -0.25) is 19.3 Å². The van der Waals surface area contributed by atoms with Gasteiger partial charge >= 0.3 is 5.97 Å². The number of methoxy groups -OCH3 is 1. The second-order valence-electron chi connectivity index (χ2n) is 6.76. The second kappa shape index (κ2) is 7.90. The normalized spacial score (nSPS) is 16.4. The van der Waals surface area contributed by atoms with Crippen LogP contribution in [0.1, 0.15) is 27.9 Å². The van der Waals surface area contributed by atoms with Crippen molar-refractivity contribution < 1.29 is 33.7 Å². The molecule has 4 rings (SSSR count). The van der Waals surface area contributed by atoms with Crippen LogP contribution in [0.5, 0.6) is 17.2 Å². The third kappa shape index (κ3) is 3.47. The monoisotopic (exact) mass is 409 g/mol. The molecule has 1 N–H and O–H groups in total. The van der Waals surface area contributed by atoms with Crippen LogP contribution in [-0.4, -0.2) is 54.7 Å². The van der Waals surface area contributed by atoms with Crippen LogP contribution >= 0.6 is 0 Å². The van der Waals surface area contributed by atoms with Gasteiger partial charge in [-0.25, -0.2) is 0 Å². The molecule has 0 atom stereocenters. The molecule has 0 saturated carbocycles. The van der Waals surface area contributed by atoms with Gasteiger partial charge < -0.3 is 19.3 Å². The van der Waals surface area contributed by atoms with Crippen molar-refractivity contribution in [2.45, 2.75) is 6.42 Å². The molecule has 2 aliphatic rings. The van der Waals surface area contributed by atoms with Crippen LogP contribution in [0.3, 0.4) is 0 Å². The number of hydrogen-bond donors (Lipinski definition) is 1. The molecule has 0 saturated heterocycles. The van der Waals surface area contributed by atoms with Crippen molar-refractivity contribution >= 4 is 29.4 Å². The average molecular weight is 409 g/mol. The zero-order chi connectivity index (χ0) is 21.3. The molecular formula is C22H19NO7. The molecular weight excluding hydrogens is 390 g/mol. The standard InChI is InChI=1S/C22H19NO7/c1-28-17-11-13(12-18-20(17)30-9-8-29-18)10-16-14-4-2-3-5-15(14)21(26)23(22(16)27)7-6-19(24)25/h2-5,10-12H,6-9H2,1H3,(H,24,25)/b16-10-. The average Bonchev–Trinajstić information content (AvgIpc) is 2.75. The Morgan fingerprint density at radius 3 is 2.60 bits per heavy atom. The lowest BCUT2D eigenvalue weighted by atomic mass is 9.92. The maximum Gasteiger partial charge on any atom is 0.305 e. The molecule has 2 amide bonds. The lowest BCUT2D eigenvalue weighted by Gasteiger charge is -2.28. The number of aliphatic carboxylic acids is 1. The van der Waals surface area contributed by atoms with E-state index in [0.29, 0.717) is 47.2 Å². The molecule has 154 valence electrons. The predicted molar refractivity (Wildman–Crippen MR) is 107 cm³/mol. The molecule has 2 aliphatic heterocycles. The summed E-state index contributed by atoms with van der Waals surface area (Å²) in [4.78, 5) is 37.8. The van der Waals surface area contributed by atoms with Gasteiger partial charge in [-0.05, 0) is 35.4 Å². The summed E-state index contributed by atoms with van der Waals surface area (Å²) in [6.45, 7) is 0.606. The van der Waals surface area contributed by atoms with E-state index in [-0.39, 0.29) is 18.5 Å². The molecule has 0 aliphatic carbocycles. The van der Waals surface area contributed by atoms with Crippen molar-refractivity contribution in [1.29, 1.82) is 0 Å². The zero-order valence-electron chi connectivity index (χ0n) is 16.2. The topological polar surface area (TPSA) is 102 Å². The van der Waals surface area contributed by atoms with Gasteiger partial charge in [0.15, 0.2) is 11.5 Å². The fraction of sp³-hybridized carbons (Fsp3) is 0.227. The number of imide groups is 1. The number of amides is 2. The Labute approximate surface area is 172 Å². The molecule has 0 bridgehead atoms. The molecule has 0 aromatic heterocycles. The molecule has 2 aromatic carbocycles. The van der Waals surface area contributed by atoms with E-state index in [9.17, 15) is 14.4 Å². The number of carboxylic acid groups (broad SMARTS) is 1. The van der Waals surface area contributed by atoms with Gasteiger partial charge in [0, 0.05) is 17.7 Å². The van der Waals surface area contributed by atoms with E-state index in [2.05, 4.69) is 0 Å². The number of ether oxygens (including phenoxy) is 3. The largest absolute Gasteiger partial charge is 0.493 e. The number of fused-ring (bicyclic) bond motifs is 2. The number of carboxylic acids is 1. The Balaban J connectivity index is 1.81. The van der Waals surface area contributed by atoms with Crippen LogP contribution in [-0.2, 0) is 9.59 Å². The maximum atomic E-state index is 13.1. The summed E-state index contributed by atoms with van der Waals surface area (Å²) in [7, 11) is 1.51. The first-order chi connectivity index (χ1) is 14.5. The van der Waals surface area contributed by atoms with Gasteiger partial charge in [-0.1, -0.05) is 18.2 Å². The van der Waals surface area contributed by atoms with E-state index in [4.69, 9.17) is 19.3 Å². The molecule has 0 radical (unpaired) electrons. The van der Waals surface area contributed by atoms with E-state index in [0.717, 1.165) is 4.90 Å². The summed E-state index contributed by atoms with van der Waals surface area (Å²) < 4.78 is 16.6. The van der Waals surface area contributed by atoms with Crippen LogP contribution < -0.4 is 14.2 Å². The summed E-state index contributed by atoms with van der Waals surface area (Å²) in [6, 6.07) is 10.2. The van der Waals surface area contributed by atoms with Crippen molar-refractivity contribution in [1.82, 2.24) is 4.90 Å². The van der Waals surface area contributed by atoms with Crippen LogP contribution in [0.25, 0.3) is 11.6 Å². The Hall–Kier alpha value is -3.81. The molecule has 30 heavy (non-hydrogen) atoms. The Morgan fingerprint density at radius 1 is 1.13 bits per heavy atom. The second-order valence-corrected chi connectivity index (χ2v) is 6.76. The number of rotatable bonds is 5. The third-order valence-electron chi connectivity index (χ3n) is 4.88. The summed E-state index contributed by atoms with van der Waals surface area (Å²) in [5, 5.41) is 8.98. The number of benzene rings is 2. The minimum atomic E-state index is -1.09.